The molecule has 0 aliphatic heterocycles. The summed E-state index contributed by atoms with van der Waals surface area (Å²) >= 11 is 0. The van der Waals surface area contributed by atoms with E-state index in [0.717, 1.165) is 27.3 Å². The zero-order valence-corrected chi connectivity index (χ0v) is 8.77. The summed E-state index contributed by atoms with van der Waals surface area (Å²) in [4.78, 5) is 0. The van der Waals surface area contributed by atoms with Crippen LogP contribution in [-0.2, 0) is 0 Å². The van der Waals surface area contributed by atoms with E-state index in [1.54, 1.807) is 0 Å². The van der Waals surface area contributed by atoms with Crippen molar-refractivity contribution in [2.24, 2.45) is 0 Å². The van der Waals surface area contributed by atoms with Gasteiger partial charge in [0, 0.05) is 0 Å². The Labute approximate surface area is 95.5 Å². The van der Waals surface area contributed by atoms with Crippen LogP contribution < -0.4 is 0 Å². The third-order valence-corrected chi connectivity index (χ3v) is 2.92. The SMILES string of the molecule is [CH]c1ccc2c(c1)c([CH])cc1ccccc12. The molecule has 3 aromatic rings. The standard InChI is InChI=1S/C16H10/c1-11-7-8-15-14-6-4-3-5-13(14)10-12(2)16(15)9-11/h1-10H. The molecule has 0 nitrogen and oxygen atoms in total. The van der Waals surface area contributed by atoms with Crippen LogP contribution in [0.25, 0.3) is 21.5 Å². The Morgan fingerprint density at radius 1 is 0.688 bits per heavy atom. The van der Waals surface area contributed by atoms with Gasteiger partial charge in [-0.2, -0.15) is 0 Å². The van der Waals surface area contributed by atoms with Crippen molar-refractivity contribution >= 4 is 21.5 Å². The smallest absolute Gasteiger partial charge is 0.000521 e. The molecule has 0 bridgehead atoms. The highest BCUT2D eigenvalue weighted by atomic mass is 14.1. The quantitative estimate of drug-likeness (QED) is 0.481. The second-order valence-corrected chi connectivity index (χ2v) is 3.99. The minimum atomic E-state index is 0.745. The van der Waals surface area contributed by atoms with E-state index in [0.29, 0.717) is 0 Å². The number of fused-ring (bicyclic) bond motifs is 3. The van der Waals surface area contributed by atoms with Crippen molar-refractivity contribution in [3.8, 4) is 0 Å². The molecule has 0 aliphatic rings. The van der Waals surface area contributed by atoms with Crippen molar-refractivity contribution in [2.45, 2.75) is 0 Å². The van der Waals surface area contributed by atoms with Crippen LogP contribution in [0.15, 0.2) is 48.5 Å². The Bertz CT molecular complexity index is 678. The molecule has 3 rings (SSSR count). The monoisotopic (exact) mass is 202 g/mol. The van der Waals surface area contributed by atoms with Crippen LogP contribution >= 0.6 is 0 Å². The van der Waals surface area contributed by atoms with Crippen molar-refractivity contribution in [2.75, 3.05) is 0 Å². The molecule has 0 atom stereocenters. The van der Waals surface area contributed by atoms with Gasteiger partial charge >= 0.3 is 0 Å². The largest absolute Gasteiger partial charge is 0.0616 e. The van der Waals surface area contributed by atoms with E-state index in [1.165, 1.54) is 5.39 Å². The van der Waals surface area contributed by atoms with Crippen LogP contribution in [0, 0.1) is 13.8 Å². The summed E-state index contributed by atoms with van der Waals surface area (Å²) in [5.41, 5.74) is 1.52. The van der Waals surface area contributed by atoms with Crippen molar-refractivity contribution in [1.82, 2.24) is 0 Å². The van der Waals surface area contributed by atoms with Crippen LogP contribution in [0.4, 0.5) is 0 Å². The van der Waals surface area contributed by atoms with Gasteiger partial charge in [0.05, 0.1) is 0 Å². The van der Waals surface area contributed by atoms with Crippen molar-refractivity contribution in [3.63, 3.8) is 0 Å². The number of hydrogen-bond acceptors (Lipinski definition) is 0. The van der Waals surface area contributed by atoms with Gasteiger partial charge in [0.15, 0.2) is 0 Å². The lowest BCUT2D eigenvalue weighted by Gasteiger charge is -2.07. The van der Waals surface area contributed by atoms with Gasteiger partial charge in [0.2, 0.25) is 0 Å². The van der Waals surface area contributed by atoms with E-state index in [9.17, 15) is 0 Å². The lowest BCUT2D eigenvalue weighted by atomic mass is 9.97. The third kappa shape index (κ3) is 1.30. The molecular formula is C16H10. The van der Waals surface area contributed by atoms with Gasteiger partial charge < -0.3 is 0 Å². The minimum Gasteiger partial charge on any atom is -0.0616 e. The average molecular weight is 202 g/mol. The fourth-order valence-electron chi connectivity index (χ4n) is 2.15. The van der Waals surface area contributed by atoms with Crippen LogP contribution in [0.5, 0.6) is 0 Å². The van der Waals surface area contributed by atoms with E-state index < -0.39 is 0 Å². The van der Waals surface area contributed by atoms with E-state index in [4.69, 9.17) is 13.8 Å². The number of benzene rings is 3. The molecule has 0 saturated heterocycles. The van der Waals surface area contributed by atoms with Crippen molar-refractivity contribution in [1.29, 1.82) is 0 Å². The van der Waals surface area contributed by atoms with Gasteiger partial charge in [-0.05, 0) is 46.5 Å². The topological polar surface area (TPSA) is 0 Å². The second-order valence-electron chi connectivity index (χ2n) is 3.99. The first-order valence-corrected chi connectivity index (χ1v) is 5.22. The van der Waals surface area contributed by atoms with Gasteiger partial charge in [-0.25, -0.2) is 0 Å². The molecule has 74 valence electrons. The number of rotatable bonds is 0. The molecule has 16 heavy (non-hydrogen) atoms. The third-order valence-electron chi connectivity index (χ3n) is 2.92. The molecule has 4 radical (unpaired) electrons. The molecule has 0 heterocycles. The summed E-state index contributed by atoms with van der Waals surface area (Å²) in [5, 5.41) is 4.56. The van der Waals surface area contributed by atoms with Gasteiger partial charge in [-0.1, -0.05) is 48.5 Å². The van der Waals surface area contributed by atoms with Crippen molar-refractivity contribution < 1.29 is 0 Å². The number of hydrogen-bond donors (Lipinski definition) is 0. The van der Waals surface area contributed by atoms with Gasteiger partial charge in [-0.15, -0.1) is 0 Å². The minimum absolute atomic E-state index is 0.745. The molecular weight excluding hydrogens is 192 g/mol. The summed E-state index contributed by atoms with van der Waals surface area (Å²) in [6, 6.07) is 16.1. The van der Waals surface area contributed by atoms with Crippen LogP contribution in [0.3, 0.4) is 0 Å². The molecule has 0 heteroatoms. The molecule has 0 aliphatic carbocycles. The normalized spacial score (nSPS) is 11.1. The Hall–Kier alpha value is -1.82. The Morgan fingerprint density at radius 2 is 1.50 bits per heavy atom. The first-order valence-electron chi connectivity index (χ1n) is 5.22. The first kappa shape index (κ1) is 9.41. The molecule has 0 amide bonds. The van der Waals surface area contributed by atoms with Gasteiger partial charge in [0.25, 0.3) is 0 Å². The average Bonchev–Trinajstić information content (AvgIpc) is 2.29. The maximum absolute atomic E-state index is 6.04. The summed E-state index contributed by atoms with van der Waals surface area (Å²) in [7, 11) is 0. The molecule has 0 saturated carbocycles. The van der Waals surface area contributed by atoms with E-state index in [2.05, 4.69) is 12.1 Å². The molecule has 0 N–H and O–H groups in total. The highest BCUT2D eigenvalue weighted by Crippen LogP contribution is 2.28. The highest BCUT2D eigenvalue weighted by molar-refractivity contribution is 6.09. The maximum atomic E-state index is 6.04. The lowest BCUT2D eigenvalue weighted by molar-refractivity contribution is 1.65. The Kier molecular flexibility index (Phi) is 1.97. The molecule has 0 spiro atoms. The van der Waals surface area contributed by atoms with Crippen molar-refractivity contribution in [3.05, 3.63) is 73.5 Å². The van der Waals surface area contributed by atoms with E-state index in [1.807, 2.05) is 36.4 Å². The van der Waals surface area contributed by atoms with Crippen LogP contribution in [0.2, 0.25) is 0 Å². The van der Waals surface area contributed by atoms with E-state index >= 15 is 0 Å². The predicted molar refractivity (Wildman–Crippen MR) is 68.3 cm³/mol. The van der Waals surface area contributed by atoms with Crippen LogP contribution in [-0.4, -0.2) is 0 Å². The highest BCUT2D eigenvalue weighted by Gasteiger charge is 2.03. The van der Waals surface area contributed by atoms with E-state index in [-0.39, 0.29) is 0 Å². The maximum Gasteiger partial charge on any atom is -0.000521 e. The molecule has 3 aromatic carbocycles. The summed E-state index contributed by atoms with van der Waals surface area (Å²) in [6.07, 6.45) is 0. The van der Waals surface area contributed by atoms with Crippen LogP contribution in [0.1, 0.15) is 11.1 Å². The molecule has 0 aromatic heterocycles. The zero-order valence-electron chi connectivity index (χ0n) is 8.77. The Balaban J connectivity index is 2.59. The lowest BCUT2D eigenvalue weighted by Crippen LogP contribution is -1.83. The second kappa shape index (κ2) is 3.34. The predicted octanol–water partition coefficient (Wildman–Crippen LogP) is 4.11. The fourth-order valence-corrected chi connectivity index (χ4v) is 2.15. The Morgan fingerprint density at radius 3 is 2.38 bits per heavy atom. The summed E-state index contributed by atoms with van der Waals surface area (Å²) in [6.45, 7) is 11.8. The summed E-state index contributed by atoms with van der Waals surface area (Å²) < 4.78 is 0. The fraction of sp³-hybridized carbons (Fsp3) is 0. The molecule has 0 fully saturated rings. The van der Waals surface area contributed by atoms with Gasteiger partial charge in [0.1, 0.15) is 0 Å². The zero-order chi connectivity index (χ0) is 11.1. The first-order chi connectivity index (χ1) is 7.75. The van der Waals surface area contributed by atoms with Gasteiger partial charge in [-0.3, -0.25) is 0 Å². The molecule has 0 unspecified atom stereocenters. The summed E-state index contributed by atoms with van der Waals surface area (Å²) in [5.74, 6) is 0.